The van der Waals surface area contributed by atoms with Gasteiger partial charge in [-0.3, -0.25) is 9.69 Å². The fraction of sp³-hybridized carbons (Fsp3) is 0.429. The van der Waals surface area contributed by atoms with Crippen LogP contribution in [0.4, 0.5) is 14.9 Å². The Hall–Kier alpha value is -2.11. The van der Waals surface area contributed by atoms with E-state index < -0.39 is 11.9 Å². The van der Waals surface area contributed by atoms with Crippen LogP contribution in [0, 0.1) is 5.82 Å². The third-order valence-corrected chi connectivity index (χ3v) is 3.13. The van der Waals surface area contributed by atoms with Crippen LogP contribution in [0.25, 0.3) is 0 Å². The van der Waals surface area contributed by atoms with Crippen molar-refractivity contribution in [1.29, 1.82) is 0 Å². The lowest BCUT2D eigenvalue weighted by atomic mass is 10.1. The number of anilines is 1. The van der Waals surface area contributed by atoms with Crippen LogP contribution >= 0.6 is 0 Å². The molecule has 0 spiro atoms. The minimum absolute atomic E-state index is 0.281. The van der Waals surface area contributed by atoms with E-state index in [1.165, 1.54) is 24.1 Å². The molecule has 0 aromatic heterocycles. The fourth-order valence-corrected chi connectivity index (χ4v) is 2.10. The maximum Gasteiger partial charge on any atom is 0.414 e. The summed E-state index contributed by atoms with van der Waals surface area (Å²) in [5.74, 6) is -0.680. The van der Waals surface area contributed by atoms with E-state index in [1.54, 1.807) is 12.1 Å². The van der Waals surface area contributed by atoms with Crippen LogP contribution in [0.3, 0.4) is 0 Å². The molecule has 0 bridgehead atoms. The summed E-state index contributed by atoms with van der Waals surface area (Å²) >= 11 is 0. The lowest BCUT2D eigenvalue weighted by molar-refractivity contribution is -0.140. The molecule has 1 fully saturated rings. The number of methoxy groups -OCH3 is 1. The van der Waals surface area contributed by atoms with Gasteiger partial charge >= 0.3 is 12.1 Å². The van der Waals surface area contributed by atoms with Gasteiger partial charge in [-0.2, -0.15) is 0 Å². The Morgan fingerprint density at radius 2 is 2.35 bits per heavy atom. The molecule has 1 heterocycles. The quantitative estimate of drug-likeness (QED) is 0.778. The topological polar surface area (TPSA) is 55.8 Å². The number of halogens is 1. The first kappa shape index (κ1) is 14.3. The summed E-state index contributed by atoms with van der Waals surface area (Å²) in [7, 11) is 1.34. The Balaban J connectivity index is 1.89. The number of hydrogen-bond donors (Lipinski definition) is 0. The highest BCUT2D eigenvalue weighted by Crippen LogP contribution is 2.24. The summed E-state index contributed by atoms with van der Waals surface area (Å²) in [5.41, 5.74) is 0.477. The van der Waals surface area contributed by atoms with Crippen molar-refractivity contribution in [3.63, 3.8) is 0 Å². The summed E-state index contributed by atoms with van der Waals surface area (Å²) in [5, 5.41) is 0. The maximum absolute atomic E-state index is 13.1. The highest BCUT2D eigenvalue weighted by atomic mass is 19.1. The van der Waals surface area contributed by atoms with Gasteiger partial charge in [0.05, 0.1) is 19.3 Å². The van der Waals surface area contributed by atoms with E-state index in [1.807, 2.05) is 0 Å². The number of carbonyl (C=O) groups excluding carboxylic acids is 2. The molecule has 6 heteroatoms. The summed E-state index contributed by atoms with van der Waals surface area (Å²) in [6.07, 6.45) is 0.688. The van der Waals surface area contributed by atoms with Crippen molar-refractivity contribution < 1.29 is 23.5 Å². The Morgan fingerprint density at radius 1 is 1.55 bits per heavy atom. The van der Waals surface area contributed by atoms with Crippen LogP contribution in [0.1, 0.15) is 19.3 Å². The van der Waals surface area contributed by atoms with Crippen LogP contribution in [0.5, 0.6) is 0 Å². The van der Waals surface area contributed by atoms with Crippen molar-refractivity contribution in [3.8, 4) is 0 Å². The molecule has 0 saturated carbocycles. The fourth-order valence-electron chi connectivity index (χ4n) is 2.10. The summed E-state index contributed by atoms with van der Waals surface area (Å²) < 4.78 is 22.9. The zero-order valence-corrected chi connectivity index (χ0v) is 11.2. The van der Waals surface area contributed by atoms with Crippen LogP contribution in [0.2, 0.25) is 0 Å². The van der Waals surface area contributed by atoms with Crippen LogP contribution in [-0.4, -0.2) is 31.8 Å². The van der Waals surface area contributed by atoms with Gasteiger partial charge < -0.3 is 9.47 Å². The van der Waals surface area contributed by atoms with E-state index in [9.17, 15) is 14.0 Å². The molecule has 0 radical (unpaired) electrons. The Morgan fingerprint density at radius 3 is 3.05 bits per heavy atom. The standard InChI is InChI=1S/C14H16FNO4/c1-19-13(17)7-3-6-12-9-16(14(18)20-12)11-5-2-4-10(15)8-11/h2,4-5,8,12H,3,6-7,9H2,1H3. The van der Waals surface area contributed by atoms with Crippen molar-refractivity contribution in [3.05, 3.63) is 30.1 Å². The van der Waals surface area contributed by atoms with Gasteiger partial charge in [-0.25, -0.2) is 9.18 Å². The number of hydrogen-bond acceptors (Lipinski definition) is 4. The lowest BCUT2D eigenvalue weighted by Gasteiger charge is -2.12. The SMILES string of the molecule is COC(=O)CCCC1CN(c2cccc(F)c2)C(=O)O1. The van der Waals surface area contributed by atoms with Gasteiger partial charge in [-0.15, -0.1) is 0 Å². The second-order valence-electron chi connectivity index (χ2n) is 4.56. The first-order valence-electron chi connectivity index (χ1n) is 6.40. The van der Waals surface area contributed by atoms with Gasteiger partial charge in [0, 0.05) is 6.42 Å². The van der Waals surface area contributed by atoms with E-state index in [4.69, 9.17) is 4.74 Å². The molecular formula is C14H16FNO4. The second-order valence-corrected chi connectivity index (χ2v) is 4.56. The zero-order chi connectivity index (χ0) is 14.5. The van der Waals surface area contributed by atoms with Crippen molar-refractivity contribution >= 4 is 17.7 Å². The normalized spacial score (nSPS) is 18.0. The predicted molar refractivity (Wildman–Crippen MR) is 69.9 cm³/mol. The molecule has 20 heavy (non-hydrogen) atoms. The minimum Gasteiger partial charge on any atom is -0.469 e. The second kappa shape index (κ2) is 6.36. The highest BCUT2D eigenvalue weighted by Gasteiger charge is 2.32. The van der Waals surface area contributed by atoms with E-state index >= 15 is 0 Å². The monoisotopic (exact) mass is 281 g/mol. The molecule has 0 aliphatic carbocycles. The minimum atomic E-state index is -0.487. The molecule has 2 rings (SSSR count). The average molecular weight is 281 g/mol. The number of nitrogens with zero attached hydrogens (tertiary/aromatic N) is 1. The number of amides is 1. The summed E-state index contributed by atoms with van der Waals surface area (Å²) in [6.45, 7) is 0.365. The molecule has 1 aromatic carbocycles. The molecule has 5 nitrogen and oxygen atoms in total. The first-order valence-corrected chi connectivity index (χ1v) is 6.40. The number of ether oxygens (including phenoxy) is 2. The molecule has 1 unspecified atom stereocenters. The lowest BCUT2D eigenvalue weighted by Crippen LogP contribution is -2.24. The largest absolute Gasteiger partial charge is 0.469 e. The van der Waals surface area contributed by atoms with Crippen LogP contribution < -0.4 is 4.90 Å². The molecule has 1 atom stereocenters. The maximum atomic E-state index is 13.1. The molecule has 1 saturated heterocycles. The highest BCUT2D eigenvalue weighted by molar-refractivity contribution is 5.89. The van der Waals surface area contributed by atoms with Gasteiger partial charge in [-0.05, 0) is 31.0 Å². The molecular weight excluding hydrogens is 265 g/mol. The Labute approximate surface area is 116 Å². The van der Waals surface area contributed by atoms with E-state index in [0.717, 1.165) is 0 Å². The predicted octanol–water partition coefficient (Wildman–Crippen LogP) is 2.49. The Bertz CT molecular complexity index is 506. The number of rotatable bonds is 5. The average Bonchev–Trinajstić information content (AvgIpc) is 2.79. The molecule has 0 N–H and O–H groups in total. The van der Waals surface area contributed by atoms with Gasteiger partial charge in [-0.1, -0.05) is 6.07 Å². The molecule has 1 aliphatic rings. The number of cyclic esters (lactones) is 1. The smallest absolute Gasteiger partial charge is 0.414 e. The zero-order valence-electron chi connectivity index (χ0n) is 11.2. The molecule has 1 amide bonds. The van der Waals surface area contributed by atoms with Gasteiger partial charge in [0.15, 0.2) is 0 Å². The van der Waals surface area contributed by atoms with Crippen molar-refractivity contribution in [2.45, 2.75) is 25.4 Å². The number of esters is 1. The Kier molecular flexibility index (Phi) is 4.55. The summed E-state index contributed by atoms with van der Waals surface area (Å²) in [6, 6.07) is 5.81. The van der Waals surface area contributed by atoms with E-state index in [-0.39, 0.29) is 12.1 Å². The third kappa shape index (κ3) is 3.46. The van der Waals surface area contributed by atoms with Gasteiger partial charge in [0.2, 0.25) is 0 Å². The van der Waals surface area contributed by atoms with E-state index in [2.05, 4.69) is 4.74 Å². The molecule has 108 valence electrons. The van der Waals surface area contributed by atoms with Gasteiger partial charge in [0.25, 0.3) is 0 Å². The van der Waals surface area contributed by atoms with Crippen LogP contribution in [-0.2, 0) is 14.3 Å². The van der Waals surface area contributed by atoms with Crippen molar-refractivity contribution in [2.75, 3.05) is 18.6 Å². The summed E-state index contributed by atoms with van der Waals surface area (Å²) in [4.78, 5) is 24.1. The van der Waals surface area contributed by atoms with Crippen molar-refractivity contribution in [1.82, 2.24) is 0 Å². The molecule has 1 aliphatic heterocycles. The van der Waals surface area contributed by atoms with E-state index in [0.29, 0.717) is 31.5 Å². The number of carbonyl (C=O) groups is 2. The van der Waals surface area contributed by atoms with Gasteiger partial charge in [0.1, 0.15) is 11.9 Å². The van der Waals surface area contributed by atoms with Crippen LogP contribution in [0.15, 0.2) is 24.3 Å². The third-order valence-electron chi connectivity index (χ3n) is 3.13. The number of benzene rings is 1. The molecule has 1 aromatic rings. The first-order chi connectivity index (χ1) is 9.60. The van der Waals surface area contributed by atoms with Crippen molar-refractivity contribution in [2.24, 2.45) is 0 Å².